The summed E-state index contributed by atoms with van der Waals surface area (Å²) in [6, 6.07) is 12.9. The summed E-state index contributed by atoms with van der Waals surface area (Å²) in [5.41, 5.74) is 3.75. The fourth-order valence-electron chi connectivity index (χ4n) is 3.91. The van der Waals surface area contributed by atoms with E-state index in [-0.39, 0.29) is 24.0 Å². The first-order valence-corrected chi connectivity index (χ1v) is 10.8. The Labute approximate surface area is 208 Å². The standard InChI is InChI=1S/C24H34N4O3.HI/c1-6-25-24(26-15-17(2)28-12-11-19-9-7-8-10-20(19)28)27-16-18-13-21(29-3)23(31-5)22(14-18)30-4;/h7-10,13-14,17H,6,11-12,15-16H2,1-5H3,(H2,25,26,27);1H. The van der Waals surface area contributed by atoms with E-state index in [1.807, 2.05) is 12.1 Å². The van der Waals surface area contributed by atoms with Crippen LogP contribution in [0.3, 0.4) is 0 Å². The molecule has 8 heteroatoms. The highest BCUT2D eigenvalue weighted by atomic mass is 127. The van der Waals surface area contributed by atoms with Gasteiger partial charge in [-0.05, 0) is 49.6 Å². The number of methoxy groups -OCH3 is 3. The first-order chi connectivity index (χ1) is 15.1. The molecule has 2 aromatic carbocycles. The van der Waals surface area contributed by atoms with E-state index >= 15 is 0 Å². The van der Waals surface area contributed by atoms with Gasteiger partial charge in [-0.2, -0.15) is 0 Å². The van der Waals surface area contributed by atoms with Crippen LogP contribution < -0.4 is 29.7 Å². The minimum absolute atomic E-state index is 0. The third kappa shape index (κ3) is 6.11. The summed E-state index contributed by atoms with van der Waals surface area (Å²) in [5, 5.41) is 6.82. The Balaban J connectivity index is 0.00000363. The zero-order valence-corrected chi connectivity index (χ0v) is 21.9. The summed E-state index contributed by atoms with van der Waals surface area (Å²) in [6.07, 6.45) is 1.11. The van der Waals surface area contributed by atoms with Crippen molar-refractivity contribution in [3.8, 4) is 17.2 Å². The Bertz CT molecular complexity index is 882. The van der Waals surface area contributed by atoms with Gasteiger partial charge in [-0.25, -0.2) is 4.99 Å². The maximum absolute atomic E-state index is 5.45. The van der Waals surface area contributed by atoms with Crippen LogP contribution in [0.5, 0.6) is 17.2 Å². The van der Waals surface area contributed by atoms with Crippen molar-refractivity contribution in [3.63, 3.8) is 0 Å². The predicted molar refractivity (Wildman–Crippen MR) is 141 cm³/mol. The molecule has 0 aliphatic carbocycles. The number of aliphatic imine (C=N–C) groups is 1. The molecule has 2 N–H and O–H groups in total. The van der Waals surface area contributed by atoms with Gasteiger partial charge < -0.3 is 29.7 Å². The molecule has 3 rings (SSSR count). The quantitative estimate of drug-likeness (QED) is 0.279. The molecular weight excluding hydrogens is 519 g/mol. The largest absolute Gasteiger partial charge is 0.493 e. The fourth-order valence-corrected chi connectivity index (χ4v) is 3.91. The van der Waals surface area contributed by atoms with E-state index in [0.717, 1.165) is 37.6 Å². The predicted octanol–water partition coefficient (Wildman–Crippen LogP) is 3.84. The van der Waals surface area contributed by atoms with Crippen molar-refractivity contribution in [2.45, 2.75) is 32.9 Å². The number of hydrogen-bond acceptors (Lipinski definition) is 5. The number of nitrogens with zero attached hydrogens (tertiary/aromatic N) is 2. The van der Waals surface area contributed by atoms with Gasteiger partial charge in [0.05, 0.1) is 27.9 Å². The van der Waals surface area contributed by atoms with Crippen LogP contribution in [0, 0.1) is 0 Å². The molecule has 0 fully saturated rings. The molecule has 1 atom stereocenters. The molecule has 0 aromatic heterocycles. The summed E-state index contributed by atoms with van der Waals surface area (Å²) < 4.78 is 16.3. The lowest BCUT2D eigenvalue weighted by Crippen LogP contribution is -2.45. The van der Waals surface area contributed by atoms with E-state index in [2.05, 4.69) is 53.6 Å². The van der Waals surface area contributed by atoms with Gasteiger partial charge in [0.2, 0.25) is 5.75 Å². The van der Waals surface area contributed by atoms with E-state index < -0.39 is 0 Å². The number of nitrogens with one attached hydrogen (secondary N) is 2. The maximum Gasteiger partial charge on any atom is 0.203 e. The Morgan fingerprint density at radius 2 is 1.75 bits per heavy atom. The molecule has 1 heterocycles. The Morgan fingerprint density at radius 1 is 1.06 bits per heavy atom. The van der Waals surface area contributed by atoms with Crippen molar-refractivity contribution < 1.29 is 14.2 Å². The van der Waals surface area contributed by atoms with Crippen molar-refractivity contribution in [1.29, 1.82) is 0 Å². The monoisotopic (exact) mass is 554 g/mol. The molecule has 0 saturated carbocycles. The van der Waals surface area contributed by atoms with Crippen LogP contribution in [0.15, 0.2) is 41.4 Å². The first kappa shape index (κ1) is 25.9. The van der Waals surface area contributed by atoms with Crippen LogP contribution in [-0.4, -0.2) is 53.0 Å². The van der Waals surface area contributed by atoms with Crippen LogP contribution >= 0.6 is 24.0 Å². The normalized spacial score (nSPS) is 13.7. The van der Waals surface area contributed by atoms with Crippen molar-refractivity contribution >= 4 is 35.6 Å². The Hall–Kier alpha value is -2.36. The van der Waals surface area contributed by atoms with Crippen LogP contribution in [0.2, 0.25) is 0 Å². The molecule has 1 aliphatic heterocycles. The zero-order chi connectivity index (χ0) is 22.2. The summed E-state index contributed by atoms with van der Waals surface area (Å²) in [5.74, 6) is 2.63. The molecule has 0 bridgehead atoms. The van der Waals surface area contributed by atoms with Gasteiger partial charge in [0.25, 0.3) is 0 Å². The second kappa shape index (κ2) is 12.6. The summed E-state index contributed by atoms with van der Waals surface area (Å²) in [7, 11) is 4.84. The minimum Gasteiger partial charge on any atom is -0.493 e. The number of halogens is 1. The third-order valence-corrected chi connectivity index (χ3v) is 5.51. The smallest absolute Gasteiger partial charge is 0.203 e. The number of hydrogen-bond donors (Lipinski definition) is 2. The number of anilines is 1. The zero-order valence-electron chi connectivity index (χ0n) is 19.6. The van der Waals surface area contributed by atoms with Gasteiger partial charge in [-0.3, -0.25) is 0 Å². The van der Waals surface area contributed by atoms with E-state index in [9.17, 15) is 0 Å². The van der Waals surface area contributed by atoms with Gasteiger partial charge in [-0.1, -0.05) is 18.2 Å². The molecule has 176 valence electrons. The number of para-hydroxylation sites is 1. The van der Waals surface area contributed by atoms with Gasteiger partial charge >= 0.3 is 0 Å². The molecule has 1 aliphatic rings. The SMILES string of the molecule is CCNC(=NCc1cc(OC)c(OC)c(OC)c1)NCC(C)N1CCc2ccccc21.I. The molecule has 1 unspecified atom stereocenters. The lowest BCUT2D eigenvalue weighted by molar-refractivity contribution is 0.324. The molecule has 0 radical (unpaired) electrons. The van der Waals surface area contributed by atoms with Gasteiger partial charge in [0.15, 0.2) is 17.5 Å². The average Bonchev–Trinajstić information content (AvgIpc) is 3.24. The van der Waals surface area contributed by atoms with Gasteiger partial charge in [0.1, 0.15) is 0 Å². The topological polar surface area (TPSA) is 67.4 Å². The van der Waals surface area contributed by atoms with E-state index in [0.29, 0.717) is 29.8 Å². The third-order valence-electron chi connectivity index (χ3n) is 5.51. The summed E-state index contributed by atoms with van der Waals surface area (Å²) in [4.78, 5) is 7.22. The molecule has 32 heavy (non-hydrogen) atoms. The van der Waals surface area contributed by atoms with Crippen LogP contribution in [0.4, 0.5) is 5.69 Å². The first-order valence-electron chi connectivity index (χ1n) is 10.8. The Morgan fingerprint density at radius 3 is 2.38 bits per heavy atom. The number of fused-ring (bicyclic) bond motifs is 1. The van der Waals surface area contributed by atoms with Crippen LogP contribution in [0.1, 0.15) is 25.0 Å². The highest BCUT2D eigenvalue weighted by Gasteiger charge is 2.22. The number of guanidine groups is 1. The molecule has 0 saturated heterocycles. The summed E-state index contributed by atoms with van der Waals surface area (Å²) in [6.45, 7) is 7.46. The lowest BCUT2D eigenvalue weighted by Gasteiger charge is -2.28. The van der Waals surface area contributed by atoms with E-state index in [4.69, 9.17) is 19.2 Å². The van der Waals surface area contributed by atoms with Crippen molar-refractivity contribution in [3.05, 3.63) is 47.5 Å². The molecule has 2 aromatic rings. The molecular formula is C24H35IN4O3. The fraction of sp³-hybridized carbons (Fsp3) is 0.458. The second-order valence-electron chi connectivity index (χ2n) is 7.53. The molecule has 0 amide bonds. The molecule has 7 nitrogen and oxygen atoms in total. The van der Waals surface area contributed by atoms with Crippen molar-refractivity contribution in [1.82, 2.24) is 10.6 Å². The lowest BCUT2D eigenvalue weighted by atomic mass is 10.2. The average molecular weight is 554 g/mol. The Kier molecular flexibility index (Phi) is 10.2. The van der Waals surface area contributed by atoms with Crippen LogP contribution in [-0.2, 0) is 13.0 Å². The van der Waals surface area contributed by atoms with Crippen molar-refractivity contribution in [2.24, 2.45) is 4.99 Å². The van der Waals surface area contributed by atoms with E-state index in [1.165, 1.54) is 11.3 Å². The number of benzene rings is 2. The van der Waals surface area contributed by atoms with E-state index in [1.54, 1.807) is 21.3 Å². The number of rotatable bonds is 9. The maximum atomic E-state index is 5.45. The molecule has 0 spiro atoms. The second-order valence-corrected chi connectivity index (χ2v) is 7.53. The van der Waals surface area contributed by atoms with Crippen LogP contribution in [0.25, 0.3) is 0 Å². The minimum atomic E-state index is 0. The van der Waals surface area contributed by atoms with Gasteiger partial charge in [-0.15, -0.1) is 24.0 Å². The highest BCUT2D eigenvalue weighted by molar-refractivity contribution is 14.0. The summed E-state index contributed by atoms with van der Waals surface area (Å²) >= 11 is 0. The highest BCUT2D eigenvalue weighted by Crippen LogP contribution is 2.38. The number of ether oxygens (including phenoxy) is 3. The van der Waals surface area contributed by atoms with Crippen molar-refractivity contribution in [2.75, 3.05) is 45.9 Å². The van der Waals surface area contributed by atoms with Gasteiger partial charge in [0, 0.05) is 31.4 Å².